The average molecular weight is 482 g/mol. The molecule has 1 atom stereocenters. The molecular weight excluding hydrogens is 463 g/mol. The highest BCUT2D eigenvalue weighted by molar-refractivity contribution is 7.13. The van der Waals surface area contributed by atoms with E-state index in [-0.39, 0.29) is 0 Å². The van der Waals surface area contributed by atoms with Crippen LogP contribution in [0.25, 0.3) is 0 Å². The fourth-order valence-corrected chi connectivity index (χ4v) is 3.57. The van der Waals surface area contributed by atoms with Crippen LogP contribution in [0.5, 0.6) is 0 Å². The molecule has 31 heavy (non-hydrogen) atoms. The van der Waals surface area contributed by atoms with Crippen LogP contribution in [-0.4, -0.2) is 39.2 Å². The number of rotatable bonds is 3. The van der Waals surface area contributed by atoms with Crippen LogP contribution in [0.15, 0.2) is 24.3 Å². The van der Waals surface area contributed by atoms with Crippen molar-refractivity contribution in [2.75, 3.05) is 0 Å². The number of hydrogen-bond donors (Lipinski definition) is 4. The van der Waals surface area contributed by atoms with Crippen LogP contribution in [0.1, 0.15) is 44.8 Å². The third kappa shape index (κ3) is 8.52. The first-order chi connectivity index (χ1) is 14.3. The van der Waals surface area contributed by atoms with E-state index in [1.165, 1.54) is 29.1 Å². The first kappa shape index (κ1) is 26.3. The number of fused-ring (bicyclic) bond motifs is 1. The predicted octanol–water partition coefficient (Wildman–Crippen LogP) is 3.18. The summed E-state index contributed by atoms with van der Waals surface area (Å²) in [5, 5.41) is 16.6. The summed E-state index contributed by atoms with van der Waals surface area (Å²) in [6, 6.07) is 5.59. The summed E-state index contributed by atoms with van der Waals surface area (Å²) in [6.45, 7) is 0. The Morgan fingerprint density at radius 2 is 1.68 bits per heavy atom. The lowest BCUT2D eigenvalue weighted by Crippen LogP contribution is -2.21. The smallest absolute Gasteiger partial charge is 0.480 e. The lowest BCUT2D eigenvalue weighted by atomic mass is 10.0. The van der Waals surface area contributed by atoms with Crippen molar-refractivity contribution < 1.29 is 37.8 Å². The molecule has 0 bridgehead atoms. The van der Waals surface area contributed by atoms with Crippen molar-refractivity contribution >= 4 is 40.8 Å². The summed E-state index contributed by atoms with van der Waals surface area (Å²) >= 11 is 7.18. The van der Waals surface area contributed by atoms with Crippen LogP contribution >= 0.6 is 22.9 Å². The minimum Gasteiger partial charge on any atom is -0.480 e. The van der Waals surface area contributed by atoms with E-state index >= 15 is 0 Å². The molecule has 2 aromatic rings. The first-order valence-corrected chi connectivity index (χ1v) is 9.85. The number of nitrogens with two attached hydrogens (primary N) is 2. The minimum atomic E-state index is -5.08. The van der Waals surface area contributed by atoms with Gasteiger partial charge in [-0.25, -0.2) is 9.78 Å². The van der Waals surface area contributed by atoms with Gasteiger partial charge in [0.05, 0.1) is 5.69 Å². The van der Waals surface area contributed by atoms with Gasteiger partial charge in [0.25, 0.3) is 5.91 Å². The number of hydrogen-bond acceptors (Lipinski definition) is 6. The molecule has 0 unspecified atom stereocenters. The van der Waals surface area contributed by atoms with Gasteiger partial charge in [-0.2, -0.15) is 13.2 Å². The van der Waals surface area contributed by atoms with Gasteiger partial charge in [-0.1, -0.05) is 29.8 Å². The molecule has 0 spiro atoms. The highest BCUT2D eigenvalue weighted by Gasteiger charge is 2.38. The molecule has 170 valence electrons. The number of carboxylic acids is 2. The monoisotopic (exact) mass is 481 g/mol. The number of alkyl halides is 3. The van der Waals surface area contributed by atoms with Gasteiger partial charge < -0.3 is 21.7 Å². The van der Waals surface area contributed by atoms with E-state index in [1.54, 1.807) is 24.3 Å². The molecule has 3 rings (SSSR count). The number of amides is 1. The number of aromatic nitrogens is 1. The summed E-state index contributed by atoms with van der Waals surface area (Å²) in [5.74, 6) is -4.23. The summed E-state index contributed by atoms with van der Waals surface area (Å²) in [7, 11) is 0. The van der Waals surface area contributed by atoms with Gasteiger partial charge in [0, 0.05) is 9.90 Å². The number of benzene rings is 1. The largest absolute Gasteiger partial charge is 0.490 e. The number of primary amides is 1. The molecule has 1 aromatic carbocycles. The molecule has 6 N–H and O–H groups in total. The second kappa shape index (κ2) is 11.6. The van der Waals surface area contributed by atoms with Gasteiger partial charge in [0.15, 0.2) is 5.01 Å². The fourth-order valence-electron chi connectivity index (χ4n) is 2.32. The highest BCUT2D eigenvalue weighted by Crippen LogP contribution is 2.26. The number of carboxylic acid groups (broad SMARTS) is 2. The van der Waals surface area contributed by atoms with E-state index in [1.807, 2.05) is 0 Å². The van der Waals surface area contributed by atoms with Gasteiger partial charge in [0.1, 0.15) is 6.04 Å². The van der Waals surface area contributed by atoms with Crippen LogP contribution in [0.2, 0.25) is 5.02 Å². The van der Waals surface area contributed by atoms with Crippen LogP contribution in [-0.2, 0) is 22.4 Å². The molecule has 1 aromatic heterocycles. The van der Waals surface area contributed by atoms with Crippen molar-refractivity contribution in [1.82, 2.24) is 4.98 Å². The Morgan fingerprint density at radius 3 is 2.13 bits per heavy atom. The van der Waals surface area contributed by atoms with Crippen LogP contribution in [0, 0.1) is 0 Å². The molecule has 0 fully saturated rings. The zero-order valence-electron chi connectivity index (χ0n) is 15.9. The fraction of sp³-hybridized carbons (Fsp3) is 0.333. The maximum atomic E-state index is 10.8. The molecule has 1 aliphatic rings. The minimum absolute atomic E-state index is 0.382. The van der Waals surface area contributed by atoms with Crippen LogP contribution in [0.4, 0.5) is 13.2 Å². The molecule has 0 saturated carbocycles. The highest BCUT2D eigenvalue weighted by atomic mass is 35.5. The molecule has 0 saturated heterocycles. The molecule has 13 heteroatoms. The molecule has 1 amide bonds. The van der Waals surface area contributed by atoms with Gasteiger partial charge >= 0.3 is 18.1 Å². The molecule has 1 aliphatic carbocycles. The Labute approximate surface area is 183 Å². The Balaban J connectivity index is 0.000000243. The Morgan fingerprint density at radius 1 is 1.13 bits per heavy atom. The molecule has 1 heterocycles. The van der Waals surface area contributed by atoms with Crippen LogP contribution < -0.4 is 11.5 Å². The third-order valence-electron chi connectivity index (χ3n) is 3.81. The van der Waals surface area contributed by atoms with Gasteiger partial charge in [0.2, 0.25) is 0 Å². The number of thiazole rings is 1. The maximum Gasteiger partial charge on any atom is 0.490 e. The van der Waals surface area contributed by atoms with Gasteiger partial charge in [-0.05, 0) is 37.3 Å². The first-order valence-electron chi connectivity index (χ1n) is 8.65. The number of carbonyl (C=O) groups is 3. The van der Waals surface area contributed by atoms with E-state index in [2.05, 4.69) is 4.98 Å². The van der Waals surface area contributed by atoms with Crippen molar-refractivity contribution in [3.8, 4) is 0 Å². The predicted molar refractivity (Wildman–Crippen MR) is 107 cm³/mol. The second-order valence-corrected chi connectivity index (χ2v) is 7.59. The normalized spacial score (nSPS) is 13.5. The molecule has 8 nitrogen and oxygen atoms in total. The Bertz CT molecular complexity index is 913. The van der Waals surface area contributed by atoms with E-state index < -0.39 is 30.1 Å². The zero-order chi connectivity index (χ0) is 23.8. The summed E-state index contributed by atoms with van der Waals surface area (Å²) in [5.41, 5.74) is 12.0. The summed E-state index contributed by atoms with van der Waals surface area (Å²) in [4.78, 5) is 35.6. The van der Waals surface area contributed by atoms with E-state index in [0.29, 0.717) is 15.6 Å². The van der Waals surface area contributed by atoms with Gasteiger partial charge in [-0.15, -0.1) is 11.3 Å². The zero-order valence-corrected chi connectivity index (χ0v) is 17.4. The van der Waals surface area contributed by atoms with Crippen molar-refractivity contribution in [1.29, 1.82) is 0 Å². The maximum absolute atomic E-state index is 10.8. The van der Waals surface area contributed by atoms with Crippen molar-refractivity contribution in [3.63, 3.8) is 0 Å². The number of aryl methyl sites for hydroxylation is 2. The SMILES string of the molecule is NC(=O)c1nc2c(s1)CCCC2.N[C@H](C(=O)O)c1ccccc1Cl.O=C(O)C(F)(F)F. The average Bonchev–Trinajstić information content (AvgIpc) is 3.13. The van der Waals surface area contributed by atoms with Crippen molar-refractivity contribution in [3.05, 3.63) is 50.4 Å². The molecule has 0 aliphatic heterocycles. The molecular formula is C18H19ClF3N3O5S. The van der Waals surface area contributed by atoms with Gasteiger partial charge in [-0.3, -0.25) is 9.59 Å². The Kier molecular flexibility index (Phi) is 9.88. The second-order valence-electron chi connectivity index (χ2n) is 6.10. The Hall–Kier alpha value is -2.70. The summed E-state index contributed by atoms with van der Waals surface area (Å²) < 4.78 is 31.7. The summed E-state index contributed by atoms with van der Waals surface area (Å²) in [6.07, 6.45) is -0.596. The number of aliphatic carboxylic acids is 2. The van der Waals surface area contributed by atoms with E-state index in [9.17, 15) is 22.8 Å². The molecule has 0 radical (unpaired) electrons. The van der Waals surface area contributed by atoms with Crippen molar-refractivity contribution in [2.24, 2.45) is 11.5 Å². The third-order valence-corrected chi connectivity index (χ3v) is 5.32. The lowest BCUT2D eigenvalue weighted by Gasteiger charge is -2.07. The quantitative estimate of drug-likeness (QED) is 0.524. The number of carbonyl (C=O) groups excluding carboxylic acids is 1. The number of nitrogens with zero attached hydrogens (tertiary/aromatic N) is 1. The number of halogens is 4. The standard InChI is InChI=1S/C8H8ClNO2.C8H10N2OS.C2HF3O2/c9-6-4-2-1-3-5(6)7(10)8(11)12;9-7(11)8-10-5-3-1-2-4-6(5)12-8;3-2(4,5)1(6)7/h1-4,7H,10H2,(H,11,12);1-4H2,(H2,9,11);(H,6,7)/t7-;;/m0../s1. The van der Waals surface area contributed by atoms with Crippen molar-refractivity contribution in [2.45, 2.75) is 37.9 Å². The topological polar surface area (TPSA) is 157 Å². The van der Waals surface area contributed by atoms with Crippen LogP contribution in [0.3, 0.4) is 0 Å². The van der Waals surface area contributed by atoms with E-state index in [0.717, 1.165) is 18.5 Å². The lowest BCUT2D eigenvalue weighted by molar-refractivity contribution is -0.192. The van der Waals surface area contributed by atoms with E-state index in [4.69, 9.17) is 38.1 Å².